The maximum absolute atomic E-state index is 12.9. The van der Waals surface area contributed by atoms with Crippen LogP contribution in [0.3, 0.4) is 0 Å². The topological polar surface area (TPSA) is 38.8 Å². The van der Waals surface area contributed by atoms with Crippen LogP contribution in [0.15, 0.2) is 36.4 Å². The number of hydrogen-bond acceptors (Lipinski definition) is 3. The molecule has 0 atom stereocenters. The zero-order chi connectivity index (χ0) is 18.4. The summed E-state index contributed by atoms with van der Waals surface area (Å²) in [4.78, 5) is 14.6. The average molecular weight is 382 g/mol. The Labute approximate surface area is 158 Å². The van der Waals surface area contributed by atoms with Crippen LogP contribution in [-0.4, -0.2) is 31.1 Å². The van der Waals surface area contributed by atoms with Crippen molar-refractivity contribution in [3.63, 3.8) is 0 Å². The lowest BCUT2D eigenvalue weighted by atomic mass is 10.1. The predicted octanol–water partition coefficient (Wildman–Crippen LogP) is 5.06. The van der Waals surface area contributed by atoms with E-state index < -0.39 is 0 Å². The highest BCUT2D eigenvalue weighted by atomic mass is 35.5. The molecule has 0 fully saturated rings. The van der Waals surface area contributed by atoms with E-state index in [2.05, 4.69) is 0 Å². The van der Waals surface area contributed by atoms with Crippen LogP contribution >= 0.6 is 23.2 Å². The fourth-order valence-corrected chi connectivity index (χ4v) is 2.97. The number of carbonyl (C=O) groups is 1. The zero-order valence-electron chi connectivity index (χ0n) is 14.5. The summed E-state index contributed by atoms with van der Waals surface area (Å²) in [5.74, 6) is 0.753. The highest BCUT2D eigenvalue weighted by Crippen LogP contribution is 2.36. The number of ether oxygens (including phenoxy) is 2. The number of nitrogens with zero attached hydrogens (tertiary/aromatic N) is 1. The monoisotopic (exact) mass is 381 g/mol. The average Bonchev–Trinajstić information content (AvgIpc) is 2.60. The Morgan fingerprint density at radius 3 is 2.52 bits per heavy atom. The minimum atomic E-state index is -0.134. The van der Waals surface area contributed by atoms with Crippen molar-refractivity contribution in [2.45, 2.75) is 20.4 Å². The van der Waals surface area contributed by atoms with E-state index in [1.165, 1.54) is 7.11 Å². The first-order valence-corrected chi connectivity index (χ1v) is 8.79. The number of halogens is 2. The van der Waals surface area contributed by atoms with Gasteiger partial charge in [-0.05, 0) is 43.7 Å². The molecule has 25 heavy (non-hydrogen) atoms. The SMILES string of the molecule is CCOc1c(Cl)cc(C(=O)N(CC)Cc2cccc(Cl)c2)cc1OC. The van der Waals surface area contributed by atoms with Gasteiger partial charge in [-0.25, -0.2) is 0 Å². The molecule has 0 saturated carbocycles. The van der Waals surface area contributed by atoms with Crippen molar-refractivity contribution in [1.82, 2.24) is 4.90 Å². The molecule has 0 unspecified atom stereocenters. The van der Waals surface area contributed by atoms with E-state index in [1.54, 1.807) is 23.1 Å². The van der Waals surface area contributed by atoms with Crippen molar-refractivity contribution in [2.75, 3.05) is 20.3 Å². The van der Waals surface area contributed by atoms with Gasteiger partial charge in [-0.1, -0.05) is 35.3 Å². The lowest BCUT2D eigenvalue weighted by Crippen LogP contribution is -2.30. The van der Waals surface area contributed by atoms with Crippen LogP contribution in [0.4, 0.5) is 0 Å². The lowest BCUT2D eigenvalue weighted by Gasteiger charge is -2.22. The zero-order valence-corrected chi connectivity index (χ0v) is 16.0. The number of amides is 1. The van der Waals surface area contributed by atoms with Crippen molar-refractivity contribution in [1.29, 1.82) is 0 Å². The maximum atomic E-state index is 12.9. The van der Waals surface area contributed by atoms with Gasteiger partial charge in [0, 0.05) is 23.7 Å². The number of hydrogen-bond donors (Lipinski definition) is 0. The van der Waals surface area contributed by atoms with Crippen molar-refractivity contribution in [3.05, 3.63) is 57.6 Å². The van der Waals surface area contributed by atoms with Gasteiger partial charge in [0.2, 0.25) is 0 Å². The molecule has 0 aliphatic carbocycles. The second-order valence-electron chi connectivity index (χ2n) is 5.37. The Balaban J connectivity index is 2.29. The van der Waals surface area contributed by atoms with Gasteiger partial charge in [0.05, 0.1) is 18.7 Å². The first-order chi connectivity index (χ1) is 12.0. The first-order valence-electron chi connectivity index (χ1n) is 8.04. The van der Waals surface area contributed by atoms with E-state index in [1.807, 2.05) is 32.0 Å². The third kappa shape index (κ3) is 4.80. The molecule has 4 nitrogen and oxygen atoms in total. The highest BCUT2D eigenvalue weighted by molar-refractivity contribution is 6.32. The van der Waals surface area contributed by atoms with Crippen LogP contribution in [-0.2, 0) is 6.54 Å². The van der Waals surface area contributed by atoms with E-state index in [0.717, 1.165) is 5.56 Å². The minimum Gasteiger partial charge on any atom is -0.493 e. The Bertz CT molecular complexity index is 749. The van der Waals surface area contributed by atoms with Gasteiger partial charge in [-0.2, -0.15) is 0 Å². The van der Waals surface area contributed by atoms with Crippen LogP contribution in [0.5, 0.6) is 11.5 Å². The molecule has 134 valence electrons. The second kappa shape index (κ2) is 8.97. The van der Waals surface area contributed by atoms with Crippen molar-refractivity contribution >= 4 is 29.1 Å². The van der Waals surface area contributed by atoms with E-state index in [4.69, 9.17) is 32.7 Å². The number of methoxy groups -OCH3 is 1. The summed E-state index contributed by atoms with van der Waals surface area (Å²) in [6, 6.07) is 10.7. The standard InChI is InChI=1S/C19H21Cl2NO3/c1-4-22(12-13-7-6-8-15(20)9-13)19(23)14-10-16(21)18(25-5-2)17(11-14)24-3/h6-11H,4-5,12H2,1-3H3. The molecule has 2 rings (SSSR count). The van der Waals surface area contributed by atoms with Crippen LogP contribution in [0.25, 0.3) is 0 Å². The molecule has 2 aromatic carbocycles. The fourth-order valence-electron chi connectivity index (χ4n) is 2.49. The summed E-state index contributed by atoms with van der Waals surface area (Å²) >= 11 is 12.3. The summed E-state index contributed by atoms with van der Waals surface area (Å²) in [6.45, 7) is 5.26. The summed E-state index contributed by atoms with van der Waals surface area (Å²) in [5.41, 5.74) is 1.42. The number of carbonyl (C=O) groups excluding carboxylic acids is 1. The van der Waals surface area contributed by atoms with Gasteiger partial charge in [-0.15, -0.1) is 0 Å². The molecule has 0 aliphatic rings. The fraction of sp³-hybridized carbons (Fsp3) is 0.316. The molecule has 0 N–H and O–H groups in total. The lowest BCUT2D eigenvalue weighted by molar-refractivity contribution is 0.0752. The minimum absolute atomic E-state index is 0.134. The van der Waals surface area contributed by atoms with Crippen molar-refractivity contribution in [3.8, 4) is 11.5 Å². The third-order valence-electron chi connectivity index (χ3n) is 3.70. The van der Waals surface area contributed by atoms with Crippen LogP contribution < -0.4 is 9.47 Å². The first kappa shape index (κ1) is 19.4. The van der Waals surface area contributed by atoms with E-state index in [-0.39, 0.29) is 5.91 Å². The molecule has 0 spiro atoms. The van der Waals surface area contributed by atoms with Gasteiger partial charge < -0.3 is 14.4 Å². The van der Waals surface area contributed by atoms with Gasteiger partial charge in [0.25, 0.3) is 5.91 Å². The highest BCUT2D eigenvalue weighted by Gasteiger charge is 2.19. The Hall–Kier alpha value is -1.91. The Morgan fingerprint density at radius 1 is 1.16 bits per heavy atom. The summed E-state index contributed by atoms with van der Waals surface area (Å²) in [7, 11) is 1.52. The summed E-state index contributed by atoms with van der Waals surface area (Å²) < 4.78 is 10.8. The van der Waals surface area contributed by atoms with Crippen LogP contribution in [0, 0.1) is 0 Å². The number of rotatable bonds is 7. The molecule has 0 aromatic heterocycles. The van der Waals surface area contributed by atoms with Gasteiger partial charge in [0.15, 0.2) is 11.5 Å². The third-order valence-corrected chi connectivity index (χ3v) is 4.21. The largest absolute Gasteiger partial charge is 0.493 e. The molecule has 0 bridgehead atoms. The summed E-state index contributed by atoms with van der Waals surface area (Å²) in [6.07, 6.45) is 0. The Morgan fingerprint density at radius 2 is 1.92 bits per heavy atom. The molecular weight excluding hydrogens is 361 g/mol. The smallest absolute Gasteiger partial charge is 0.254 e. The summed E-state index contributed by atoms with van der Waals surface area (Å²) in [5, 5.41) is 0.996. The molecule has 6 heteroatoms. The van der Waals surface area contributed by atoms with Crippen molar-refractivity contribution < 1.29 is 14.3 Å². The van der Waals surface area contributed by atoms with Gasteiger partial charge >= 0.3 is 0 Å². The van der Waals surface area contributed by atoms with Gasteiger partial charge in [-0.3, -0.25) is 4.79 Å². The van der Waals surface area contributed by atoms with Crippen molar-refractivity contribution in [2.24, 2.45) is 0 Å². The molecule has 0 saturated heterocycles. The quantitative estimate of drug-likeness (QED) is 0.672. The molecule has 0 radical (unpaired) electrons. The Kier molecular flexibility index (Phi) is 6.97. The normalized spacial score (nSPS) is 10.4. The van der Waals surface area contributed by atoms with E-state index in [0.29, 0.717) is 46.8 Å². The maximum Gasteiger partial charge on any atom is 0.254 e. The molecular formula is C19H21Cl2NO3. The molecule has 2 aromatic rings. The molecule has 0 aliphatic heterocycles. The second-order valence-corrected chi connectivity index (χ2v) is 6.22. The number of benzene rings is 2. The predicted molar refractivity (Wildman–Crippen MR) is 101 cm³/mol. The van der Waals surface area contributed by atoms with E-state index in [9.17, 15) is 4.79 Å². The van der Waals surface area contributed by atoms with E-state index >= 15 is 0 Å². The molecule has 0 heterocycles. The molecule has 1 amide bonds. The van der Waals surface area contributed by atoms with Crippen LogP contribution in [0.1, 0.15) is 29.8 Å². The van der Waals surface area contributed by atoms with Gasteiger partial charge in [0.1, 0.15) is 0 Å². The van der Waals surface area contributed by atoms with Crippen LogP contribution in [0.2, 0.25) is 10.0 Å².